The summed E-state index contributed by atoms with van der Waals surface area (Å²) in [6, 6.07) is 18.4. The number of hydrogen-bond acceptors (Lipinski definition) is 0. The first-order valence-corrected chi connectivity index (χ1v) is 10.5. The van der Waals surface area contributed by atoms with Crippen molar-refractivity contribution >= 4 is 23.2 Å². The maximum absolute atomic E-state index is 6.32. The smallest absolute Gasteiger partial charge is 0.0893 e. The molecule has 2 fully saturated rings. The molecule has 3 atom stereocenters. The Labute approximate surface area is 190 Å². The summed E-state index contributed by atoms with van der Waals surface area (Å²) < 4.78 is 1.23. The van der Waals surface area contributed by atoms with Crippen LogP contribution in [0.1, 0.15) is 49.1 Å². The molecule has 2 aliphatic heterocycles. The summed E-state index contributed by atoms with van der Waals surface area (Å²) in [6.07, 6.45) is 6.68. The van der Waals surface area contributed by atoms with Gasteiger partial charge in [0.1, 0.15) is 0 Å². The van der Waals surface area contributed by atoms with Crippen LogP contribution in [-0.4, -0.2) is 30.7 Å². The summed E-state index contributed by atoms with van der Waals surface area (Å²) in [4.78, 5) is 0. The fourth-order valence-electron chi connectivity index (χ4n) is 5.43. The zero-order valence-electron chi connectivity index (χ0n) is 16.0. The third kappa shape index (κ3) is 4.49. The Morgan fingerprint density at radius 3 is 1.81 bits per heavy atom. The lowest BCUT2D eigenvalue weighted by Crippen LogP contribution is -3.00. The van der Waals surface area contributed by atoms with E-state index in [2.05, 4.69) is 50.5 Å². The van der Waals surface area contributed by atoms with E-state index < -0.39 is 0 Å². The summed E-state index contributed by atoms with van der Waals surface area (Å²) >= 11 is 12.6. The molecule has 0 saturated carbocycles. The molecule has 2 bridgehead atoms. The van der Waals surface area contributed by atoms with Gasteiger partial charge in [-0.2, -0.15) is 0 Å². The van der Waals surface area contributed by atoms with Crippen molar-refractivity contribution in [1.29, 1.82) is 0 Å². The predicted molar refractivity (Wildman–Crippen MR) is 111 cm³/mol. The van der Waals surface area contributed by atoms with Crippen LogP contribution >= 0.6 is 23.2 Å². The van der Waals surface area contributed by atoms with Crippen LogP contribution in [0.5, 0.6) is 0 Å². The number of hydrogen-bond donors (Lipinski definition) is 0. The van der Waals surface area contributed by atoms with Gasteiger partial charge >= 0.3 is 0 Å². The molecule has 2 aromatic rings. The first kappa shape index (κ1) is 21.4. The average Bonchev–Trinajstić information content (AvgIpc) is 2.77. The Morgan fingerprint density at radius 2 is 1.37 bits per heavy atom. The van der Waals surface area contributed by atoms with Gasteiger partial charge in [-0.15, -0.1) is 0 Å². The van der Waals surface area contributed by atoms with Crippen LogP contribution in [0, 0.1) is 5.92 Å². The van der Waals surface area contributed by atoms with E-state index in [0.29, 0.717) is 5.92 Å². The van der Waals surface area contributed by atoms with Gasteiger partial charge in [0.25, 0.3) is 0 Å². The zero-order valence-corrected chi connectivity index (χ0v) is 19.7. The number of piperidine rings is 1. The molecule has 146 valence electrons. The standard InChI is InChI=1S/C23H28Cl2N.HI/c1-26(2)21-9-10-22(26)12-16(11-21)13-23(17-5-3-7-19(24)14-17)18-6-4-8-20(25)15-18;/h3-8,14-16,21-23H,9-13H2,1-2H3;1H/q+1;/p-1/t16-,21+,22-;. The maximum Gasteiger partial charge on any atom is 0.0893 e. The Morgan fingerprint density at radius 1 is 0.889 bits per heavy atom. The second-order valence-corrected chi connectivity index (χ2v) is 9.62. The van der Waals surface area contributed by atoms with Gasteiger partial charge < -0.3 is 28.5 Å². The van der Waals surface area contributed by atoms with Gasteiger partial charge in [-0.25, -0.2) is 0 Å². The Balaban J connectivity index is 0.00000210. The molecule has 1 nitrogen and oxygen atoms in total. The van der Waals surface area contributed by atoms with E-state index in [1.807, 2.05) is 12.1 Å². The third-order valence-electron chi connectivity index (χ3n) is 7.00. The molecule has 27 heavy (non-hydrogen) atoms. The Bertz CT molecular complexity index is 730. The minimum Gasteiger partial charge on any atom is -1.00 e. The first-order chi connectivity index (χ1) is 12.4. The van der Waals surface area contributed by atoms with Gasteiger partial charge in [0, 0.05) is 41.6 Å². The lowest BCUT2D eigenvalue weighted by Gasteiger charge is -2.45. The molecule has 2 aromatic carbocycles. The maximum atomic E-state index is 6.32. The fraction of sp³-hybridized carbons (Fsp3) is 0.478. The highest BCUT2D eigenvalue weighted by Gasteiger charge is 2.48. The van der Waals surface area contributed by atoms with E-state index in [1.165, 1.54) is 47.7 Å². The van der Waals surface area contributed by atoms with Gasteiger partial charge in [0.05, 0.1) is 26.2 Å². The third-order valence-corrected chi connectivity index (χ3v) is 7.47. The molecule has 2 heterocycles. The van der Waals surface area contributed by atoms with Crippen molar-refractivity contribution in [3.63, 3.8) is 0 Å². The average molecular weight is 516 g/mol. The van der Waals surface area contributed by atoms with E-state index in [-0.39, 0.29) is 24.0 Å². The van der Waals surface area contributed by atoms with Crippen molar-refractivity contribution in [3.05, 3.63) is 69.7 Å². The van der Waals surface area contributed by atoms with Crippen LogP contribution < -0.4 is 24.0 Å². The highest BCUT2D eigenvalue weighted by atomic mass is 127. The summed E-state index contributed by atoms with van der Waals surface area (Å²) in [7, 11) is 4.87. The van der Waals surface area contributed by atoms with Crippen molar-refractivity contribution in [1.82, 2.24) is 0 Å². The second-order valence-electron chi connectivity index (χ2n) is 8.75. The molecule has 0 amide bonds. The molecule has 0 spiro atoms. The van der Waals surface area contributed by atoms with Crippen LogP contribution in [0.4, 0.5) is 0 Å². The lowest BCUT2D eigenvalue weighted by atomic mass is 9.78. The van der Waals surface area contributed by atoms with E-state index >= 15 is 0 Å². The lowest BCUT2D eigenvalue weighted by molar-refractivity contribution is -0.931. The number of benzene rings is 2. The van der Waals surface area contributed by atoms with Gasteiger partial charge in [-0.05, 0) is 47.7 Å². The molecule has 2 saturated heterocycles. The minimum absolute atomic E-state index is 0. The summed E-state index contributed by atoms with van der Waals surface area (Å²) in [5.74, 6) is 1.15. The summed E-state index contributed by atoms with van der Waals surface area (Å²) in [5.41, 5.74) is 2.62. The molecule has 0 radical (unpaired) electrons. The number of nitrogens with zero attached hydrogens (tertiary/aromatic N) is 1. The SMILES string of the molecule is C[N+]1(C)[C@@H]2CC[C@H]1C[C@@H](CC(c1cccc(Cl)c1)c1cccc(Cl)c1)C2.[I-]. The minimum atomic E-state index is 0. The van der Waals surface area contributed by atoms with Crippen LogP contribution in [0.15, 0.2) is 48.5 Å². The summed E-state index contributed by atoms with van der Waals surface area (Å²) in [5, 5.41) is 1.63. The monoisotopic (exact) mass is 515 g/mol. The number of rotatable bonds is 4. The molecular weight excluding hydrogens is 488 g/mol. The number of fused-ring (bicyclic) bond motifs is 2. The van der Waals surface area contributed by atoms with Gasteiger partial charge in [0.2, 0.25) is 0 Å². The van der Waals surface area contributed by atoms with E-state index in [4.69, 9.17) is 23.2 Å². The largest absolute Gasteiger partial charge is 1.00 e. The molecular formula is C23H28Cl2IN. The highest BCUT2D eigenvalue weighted by Crippen LogP contribution is 2.46. The Hall–Kier alpha value is -0.290. The van der Waals surface area contributed by atoms with Crippen molar-refractivity contribution in [2.75, 3.05) is 14.1 Å². The van der Waals surface area contributed by atoms with Crippen molar-refractivity contribution in [3.8, 4) is 0 Å². The first-order valence-electron chi connectivity index (χ1n) is 9.77. The molecule has 4 rings (SSSR count). The van der Waals surface area contributed by atoms with Crippen LogP contribution in [-0.2, 0) is 0 Å². The van der Waals surface area contributed by atoms with Crippen molar-refractivity contribution in [2.24, 2.45) is 5.92 Å². The quantitative estimate of drug-likeness (QED) is 0.431. The fourth-order valence-corrected chi connectivity index (χ4v) is 5.83. The zero-order chi connectivity index (χ0) is 18.3. The molecule has 0 aliphatic carbocycles. The highest BCUT2D eigenvalue weighted by molar-refractivity contribution is 6.31. The normalized spacial score (nSPS) is 26.0. The van der Waals surface area contributed by atoms with Crippen LogP contribution in [0.3, 0.4) is 0 Å². The molecule has 2 aliphatic rings. The van der Waals surface area contributed by atoms with E-state index in [9.17, 15) is 0 Å². The van der Waals surface area contributed by atoms with Crippen molar-refractivity contribution in [2.45, 2.75) is 50.1 Å². The van der Waals surface area contributed by atoms with E-state index in [1.54, 1.807) is 0 Å². The predicted octanol–water partition coefficient (Wildman–Crippen LogP) is 3.54. The Kier molecular flexibility index (Phi) is 6.83. The van der Waals surface area contributed by atoms with Crippen LogP contribution in [0.2, 0.25) is 10.0 Å². The van der Waals surface area contributed by atoms with Crippen LogP contribution in [0.25, 0.3) is 0 Å². The van der Waals surface area contributed by atoms with Gasteiger partial charge in [-0.1, -0.05) is 47.5 Å². The van der Waals surface area contributed by atoms with E-state index in [0.717, 1.165) is 28.0 Å². The number of halogens is 3. The molecule has 0 aromatic heterocycles. The molecule has 4 heteroatoms. The summed E-state index contributed by atoms with van der Waals surface area (Å²) in [6.45, 7) is 0. The van der Waals surface area contributed by atoms with Gasteiger partial charge in [-0.3, -0.25) is 0 Å². The molecule has 0 unspecified atom stereocenters. The van der Waals surface area contributed by atoms with Gasteiger partial charge in [0.15, 0.2) is 0 Å². The second kappa shape index (κ2) is 8.61. The topological polar surface area (TPSA) is 0 Å². The molecule has 0 N–H and O–H groups in total. The van der Waals surface area contributed by atoms with Crippen molar-refractivity contribution < 1.29 is 28.5 Å². The number of quaternary nitrogens is 1.